The first-order chi connectivity index (χ1) is 6.27. The average molecular weight is 268 g/mol. The second-order valence-electron chi connectivity index (χ2n) is 2.80. The zero-order valence-electron chi connectivity index (χ0n) is 9.43. The minimum absolute atomic E-state index is 0.250. The van der Waals surface area contributed by atoms with E-state index in [1.165, 1.54) is 0 Å². The van der Waals surface area contributed by atoms with E-state index in [2.05, 4.69) is 0 Å². The van der Waals surface area contributed by atoms with Crippen LogP contribution in [0.4, 0.5) is 0 Å². The summed E-state index contributed by atoms with van der Waals surface area (Å²) in [5.41, 5.74) is 0. The molecule has 0 radical (unpaired) electrons. The average Bonchev–Trinajstić information content (AvgIpc) is 1.82. The highest BCUT2D eigenvalue weighted by molar-refractivity contribution is 6.63. The Morgan fingerprint density at radius 1 is 1.00 bits per heavy atom. The van der Waals surface area contributed by atoms with E-state index in [0.29, 0.717) is 12.2 Å². The number of halogens is 3. The van der Waals surface area contributed by atoms with Gasteiger partial charge in [-0.15, -0.1) is 0 Å². The SMILES string of the molecule is CC(C)OC(C)C.CCO.ClC(Cl)Cl. The Hall–Kier alpha value is 0.790. The van der Waals surface area contributed by atoms with Crippen molar-refractivity contribution in [3.63, 3.8) is 0 Å². The number of ether oxygens (including phenoxy) is 1. The van der Waals surface area contributed by atoms with Crippen molar-refractivity contribution in [1.29, 1.82) is 0 Å². The summed E-state index contributed by atoms with van der Waals surface area (Å²) in [7, 11) is 0. The highest BCUT2D eigenvalue weighted by atomic mass is 35.6. The lowest BCUT2D eigenvalue weighted by Gasteiger charge is -2.09. The highest BCUT2D eigenvalue weighted by Crippen LogP contribution is 2.03. The van der Waals surface area contributed by atoms with E-state index in [0.717, 1.165) is 0 Å². The van der Waals surface area contributed by atoms with Crippen LogP contribution in [-0.4, -0.2) is 28.2 Å². The molecular formula is C9H21Cl3O2. The summed E-state index contributed by atoms with van der Waals surface area (Å²) in [4.78, 5) is 0. The Bertz CT molecular complexity index is 79.4. The molecule has 0 fully saturated rings. The summed E-state index contributed by atoms with van der Waals surface area (Å²) in [6, 6.07) is 0. The molecule has 90 valence electrons. The zero-order chi connectivity index (χ0) is 12.1. The Kier molecular flexibility index (Phi) is 23.5. The molecule has 0 amide bonds. The molecule has 0 atom stereocenters. The van der Waals surface area contributed by atoms with Crippen molar-refractivity contribution in [1.82, 2.24) is 0 Å². The minimum atomic E-state index is -0.750. The summed E-state index contributed by atoms with van der Waals surface area (Å²) in [6.45, 7) is 10.1. The fourth-order valence-electron chi connectivity index (χ4n) is 0.544. The molecule has 0 saturated heterocycles. The Labute approximate surface area is 102 Å². The van der Waals surface area contributed by atoms with E-state index >= 15 is 0 Å². The molecule has 0 unspecified atom stereocenters. The zero-order valence-corrected chi connectivity index (χ0v) is 11.7. The van der Waals surface area contributed by atoms with Gasteiger partial charge in [0.15, 0.2) is 4.30 Å². The molecule has 0 aromatic rings. The maximum atomic E-state index is 7.57. The van der Waals surface area contributed by atoms with Gasteiger partial charge >= 0.3 is 0 Å². The summed E-state index contributed by atoms with van der Waals surface area (Å²) < 4.78 is 4.50. The van der Waals surface area contributed by atoms with E-state index < -0.39 is 4.30 Å². The molecule has 0 heterocycles. The summed E-state index contributed by atoms with van der Waals surface area (Å²) in [6.07, 6.45) is 0.750. The van der Waals surface area contributed by atoms with Crippen LogP contribution in [0.1, 0.15) is 34.6 Å². The Morgan fingerprint density at radius 3 is 1.14 bits per heavy atom. The molecule has 0 bridgehead atoms. The van der Waals surface area contributed by atoms with Crippen LogP contribution in [-0.2, 0) is 4.74 Å². The van der Waals surface area contributed by atoms with Gasteiger partial charge in [0.1, 0.15) is 0 Å². The molecule has 5 heteroatoms. The summed E-state index contributed by atoms with van der Waals surface area (Å²) in [5.74, 6) is 0. The predicted octanol–water partition coefficient (Wildman–Crippen LogP) is 3.80. The van der Waals surface area contributed by atoms with E-state index in [1.54, 1.807) is 6.92 Å². The third-order valence-electron chi connectivity index (χ3n) is 0.544. The lowest BCUT2D eigenvalue weighted by atomic mass is 10.4. The fourth-order valence-corrected chi connectivity index (χ4v) is 0.544. The maximum absolute atomic E-state index is 7.57. The van der Waals surface area contributed by atoms with Crippen LogP contribution in [0.15, 0.2) is 0 Å². The van der Waals surface area contributed by atoms with Crippen molar-refractivity contribution in [2.75, 3.05) is 6.61 Å². The number of hydrogen-bond acceptors (Lipinski definition) is 2. The third kappa shape index (κ3) is 77.5. The summed E-state index contributed by atoms with van der Waals surface area (Å²) >= 11 is 14.4. The molecule has 0 aromatic heterocycles. The van der Waals surface area contributed by atoms with Crippen LogP contribution in [0, 0.1) is 0 Å². The lowest BCUT2D eigenvalue weighted by molar-refractivity contribution is 0.0300. The van der Waals surface area contributed by atoms with Crippen molar-refractivity contribution in [3.05, 3.63) is 0 Å². The van der Waals surface area contributed by atoms with E-state index in [9.17, 15) is 0 Å². The molecule has 0 rings (SSSR count). The van der Waals surface area contributed by atoms with Crippen molar-refractivity contribution in [2.24, 2.45) is 0 Å². The first-order valence-corrected chi connectivity index (χ1v) is 5.77. The van der Waals surface area contributed by atoms with Gasteiger partial charge in [-0.25, -0.2) is 0 Å². The van der Waals surface area contributed by atoms with Gasteiger partial charge in [-0.1, -0.05) is 34.8 Å². The number of aliphatic hydroxyl groups excluding tert-OH is 1. The van der Waals surface area contributed by atoms with E-state index in [1.807, 2.05) is 27.7 Å². The van der Waals surface area contributed by atoms with Crippen LogP contribution in [0.3, 0.4) is 0 Å². The van der Waals surface area contributed by atoms with Crippen LogP contribution < -0.4 is 0 Å². The lowest BCUT2D eigenvalue weighted by Crippen LogP contribution is -2.09. The maximum Gasteiger partial charge on any atom is 0.180 e. The van der Waals surface area contributed by atoms with E-state index in [-0.39, 0.29) is 6.61 Å². The molecule has 0 aliphatic carbocycles. The van der Waals surface area contributed by atoms with Gasteiger partial charge in [-0.05, 0) is 34.6 Å². The Morgan fingerprint density at radius 2 is 1.14 bits per heavy atom. The highest BCUT2D eigenvalue weighted by Gasteiger charge is 1.94. The van der Waals surface area contributed by atoms with Crippen LogP contribution in [0.2, 0.25) is 0 Å². The van der Waals surface area contributed by atoms with Gasteiger partial charge in [-0.3, -0.25) is 0 Å². The number of aliphatic hydroxyl groups is 1. The quantitative estimate of drug-likeness (QED) is 0.771. The first-order valence-electron chi connectivity index (χ1n) is 4.46. The smallest absolute Gasteiger partial charge is 0.180 e. The number of alkyl halides is 3. The van der Waals surface area contributed by atoms with Gasteiger partial charge in [0.25, 0.3) is 0 Å². The molecule has 0 spiro atoms. The first kappa shape index (κ1) is 20.2. The largest absolute Gasteiger partial charge is 0.397 e. The summed E-state index contributed by atoms with van der Waals surface area (Å²) in [5, 5.41) is 7.57. The Balaban J connectivity index is -0.000000147. The third-order valence-corrected chi connectivity index (χ3v) is 0.544. The minimum Gasteiger partial charge on any atom is -0.397 e. The molecule has 0 aromatic carbocycles. The predicted molar refractivity (Wildman–Crippen MR) is 65.5 cm³/mol. The molecule has 0 saturated carbocycles. The van der Waals surface area contributed by atoms with Gasteiger partial charge in [0.05, 0.1) is 12.2 Å². The number of hydrogen-bond donors (Lipinski definition) is 1. The molecule has 14 heavy (non-hydrogen) atoms. The van der Waals surface area contributed by atoms with Crippen molar-refractivity contribution >= 4 is 34.8 Å². The normalized spacial score (nSPS) is 9.43. The second kappa shape index (κ2) is 16.2. The van der Waals surface area contributed by atoms with Crippen molar-refractivity contribution < 1.29 is 9.84 Å². The van der Waals surface area contributed by atoms with Gasteiger partial charge in [0, 0.05) is 6.61 Å². The van der Waals surface area contributed by atoms with Gasteiger partial charge in [0.2, 0.25) is 0 Å². The van der Waals surface area contributed by atoms with Crippen LogP contribution >= 0.6 is 34.8 Å². The van der Waals surface area contributed by atoms with Gasteiger partial charge < -0.3 is 9.84 Å². The monoisotopic (exact) mass is 266 g/mol. The van der Waals surface area contributed by atoms with Gasteiger partial charge in [-0.2, -0.15) is 0 Å². The molecule has 2 nitrogen and oxygen atoms in total. The van der Waals surface area contributed by atoms with E-state index in [4.69, 9.17) is 44.6 Å². The standard InChI is InChI=1S/C6H14O.C2H6O.CHCl3/c1-5(2)7-6(3)4;1-2-3;2-1(3)4/h5-6H,1-4H3;3H,2H2,1H3;1H. The number of rotatable bonds is 2. The van der Waals surface area contributed by atoms with Crippen molar-refractivity contribution in [2.45, 2.75) is 51.1 Å². The molecule has 1 N–H and O–H groups in total. The van der Waals surface area contributed by atoms with Crippen LogP contribution in [0.25, 0.3) is 0 Å². The second-order valence-corrected chi connectivity index (χ2v) is 4.78. The topological polar surface area (TPSA) is 29.5 Å². The van der Waals surface area contributed by atoms with Crippen molar-refractivity contribution in [3.8, 4) is 0 Å². The molecular weight excluding hydrogens is 246 g/mol. The molecule has 0 aliphatic heterocycles. The molecule has 0 aliphatic rings. The fraction of sp³-hybridized carbons (Fsp3) is 1.00. The van der Waals surface area contributed by atoms with Crippen LogP contribution in [0.5, 0.6) is 0 Å².